The van der Waals surface area contributed by atoms with Crippen LogP contribution in [0.5, 0.6) is 11.5 Å². The van der Waals surface area contributed by atoms with E-state index < -0.39 is 41.1 Å². The van der Waals surface area contributed by atoms with E-state index >= 15 is 0 Å². The van der Waals surface area contributed by atoms with Crippen molar-refractivity contribution in [2.45, 2.75) is 12.4 Å². The molecule has 0 aliphatic heterocycles. The van der Waals surface area contributed by atoms with Crippen molar-refractivity contribution in [3.8, 4) is 11.5 Å². The molecule has 0 spiro atoms. The van der Waals surface area contributed by atoms with Gasteiger partial charge in [0.2, 0.25) is 0 Å². The Hall–Kier alpha value is -1.87. The Labute approximate surface area is 135 Å². The Morgan fingerprint density at radius 3 is 2.22 bits per heavy atom. The van der Waals surface area contributed by atoms with E-state index in [1.807, 2.05) is 0 Å². The second-order valence-corrected chi connectivity index (χ2v) is 5.37. The van der Waals surface area contributed by atoms with E-state index in [4.69, 9.17) is 5.73 Å². The van der Waals surface area contributed by atoms with Gasteiger partial charge in [-0.1, -0.05) is 12.1 Å². The lowest BCUT2D eigenvalue weighted by Crippen LogP contribution is -2.18. The van der Waals surface area contributed by atoms with E-state index in [1.165, 1.54) is 0 Å². The summed E-state index contributed by atoms with van der Waals surface area (Å²) in [7, 11) is 0. The zero-order valence-electron chi connectivity index (χ0n) is 11.2. The number of ether oxygens (including phenoxy) is 1. The van der Waals surface area contributed by atoms with Gasteiger partial charge < -0.3 is 15.6 Å². The fourth-order valence-electron chi connectivity index (χ4n) is 1.93. The lowest BCUT2D eigenvalue weighted by molar-refractivity contribution is -0.274. The van der Waals surface area contributed by atoms with Gasteiger partial charge in [0.25, 0.3) is 0 Å². The zero-order chi connectivity index (χ0) is 17.4. The summed E-state index contributed by atoms with van der Waals surface area (Å²) in [5.41, 5.74) is 5.43. The Bertz CT molecular complexity index is 692. The van der Waals surface area contributed by atoms with Crippen LogP contribution < -0.4 is 10.5 Å². The van der Waals surface area contributed by atoms with Crippen molar-refractivity contribution in [3.63, 3.8) is 0 Å². The van der Waals surface area contributed by atoms with Crippen LogP contribution in [0.25, 0.3) is 0 Å². The molecule has 3 nitrogen and oxygen atoms in total. The van der Waals surface area contributed by atoms with Crippen molar-refractivity contribution in [2.75, 3.05) is 0 Å². The van der Waals surface area contributed by atoms with E-state index in [2.05, 4.69) is 20.7 Å². The highest BCUT2D eigenvalue weighted by Gasteiger charge is 2.31. The molecule has 0 saturated carbocycles. The molecule has 0 heterocycles. The summed E-state index contributed by atoms with van der Waals surface area (Å²) < 4.78 is 67.1. The molecule has 0 aliphatic carbocycles. The third kappa shape index (κ3) is 3.91. The number of phenols is 1. The first-order valence-electron chi connectivity index (χ1n) is 6.08. The van der Waals surface area contributed by atoms with Crippen molar-refractivity contribution in [3.05, 3.63) is 57.6 Å². The summed E-state index contributed by atoms with van der Waals surface area (Å²) >= 11 is 2.86. The van der Waals surface area contributed by atoms with Crippen LogP contribution in [0, 0.1) is 11.6 Å². The molecular weight excluding hydrogens is 389 g/mol. The first-order chi connectivity index (χ1) is 10.6. The van der Waals surface area contributed by atoms with Gasteiger partial charge in [-0.2, -0.15) is 0 Å². The number of benzene rings is 2. The maximum atomic E-state index is 13.9. The molecule has 0 radical (unpaired) electrons. The monoisotopic (exact) mass is 397 g/mol. The van der Waals surface area contributed by atoms with Crippen LogP contribution in [-0.2, 0) is 0 Å². The third-order valence-corrected chi connectivity index (χ3v) is 3.57. The van der Waals surface area contributed by atoms with Gasteiger partial charge in [0.1, 0.15) is 11.5 Å². The highest BCUT2D eigenvalue weighted by atomic mass is 79.9. The van der Waals surface area contributed by atoms with Gasteiger partial charge >= 0.3 is 6.36 Å². The molecule has 9 heteroatoms. The molecule has 2 aromatic carbocycles. The zero-order valence-corrected chi connectivity index (χ0v) is 12.8. The molecule has 0 saturated heterocycles. The van der Waals surface area contributed by atoms with Gasteiger partial charge in [-0.15, -0.1) is 13.2 Å². The molecule has 2 rings (SSSR count). The Morgan fingerprint density at radius 1 is 1.13 bits per heavy atom. The Balaban J connectivity index is 2.37. The number of nitrogens with two attached hydrogens (primary N) is 1. The molecule has 2 aromatic rings. The van der Waals surface area contributed by atoms with Gasteiger partial charge in [0, 0.05) is 0 Å². The molecule has 3 N–H and O–H groups in total. The Morgan fingerprint density at radius 2 is 1.70 bits per heavy atom. The molecule has 0 aromatic heterocycles. The van der Waals surface area contributed by atoms with E-state index in [1.54, 1.807) is 0 Å². The minimum absolute atomic E-state index is 0.0983. The van der Waals surface area contributed by atoms with Crippen molar-refractivity contribution in [1.82, 2.24) is 0 Å². The average Bonchev–Trinajstić information content (AvgIpc) is 2.44. The first kappa shape index (κ1) is 17.5. The SMILES string of the molecule is N[C@@H](c1ccc(OC(F)(F)F)cc1)c1c(O)c(Br)cc(F)c1F. The van der Waals surface area contributed by atoms with Crippen LogP contribution in [0.4, 0.5) is 22.0 Å². The molecule has 1 atom stereocenters. The topological polar surface area (TPSA) is 55.5 Å². The maximum Gasteiger partial charge on any atom is 0.573 e. The molecular formula is C14H9BrF5NO2. The van der Waals surface area contributed by atoms with Gasteiger partial charge in [-0.3, -0.25) is 0 Å². The van der Waals surface area contributed by atoms with Crippen molar-refractivity contribution in [2.24, 2.45) is 5.73 Å². The highest BCUT2D eigenvalue weighted by molar-refractivity contribution is 9.10. The fraction of sp³-hybridized carbons (Fsp3) is 0.143. The highest BCUT2D eigenvalue weighted by Crippen LogP contribution is 2.37. The summed E-state index contributed by atoms with van der Waals surface area (Å²) in [6, 6.07) is 3.72. The van der Waals surface area contributed by atoms with Crippen LogP contribution in [0.3, 0.4) is 0 Å². The normalized spacial score (nSPS) is 13.0. The van der Waals surface area contributed by atoms with E-state index in [0.717, 1.165) is 30.3 Å². The predicted octanol–water partition coefficient (Wildman–Crippen LogP) is 4.38. The summed E-state index contributed by atoms with van der Waals surface area (Å²) in [5.74, 6) is -3.64. The van der Waals surface area contributed by atoms with Gasteiger partial charge in [0.05, 0.1) is 16.1 Å². The Kier molecular flexibility index (Phi) is 4.81. The largest absolute Gasteiger partial charge is 0.573 e. The molecule has 0 bridgehead atoms. The molecule has 0 unspecified atom stereocenters. The average molecular weight is 398 g/mol. The third-order valence-electron chi connectivity index (χ3n) is 2.96. The van der Waals surface area contributed by atoms with Gasteiger partial charge in [-0.05, 0) is 39.7 Å². The van der Waals surface area contributed by atoms with Crippen molar-refractivity contribution in [1.29, 1.82) is 0 Å². The summed E-state index contributed by atoms with van der Waals surface area (Å²) in [5, 5.41) is 9.84. The molecule has 0 fully saturated rings. The summed E-state index contributed by atoms with van der Waals surface area (Å²) in [6.07, 6.45) is -4.85. The number of rotatable bonds is 3. The van der Waals surface area contributed by atoms with Crippen molar-refractivity contribution >= 4 is 15.9 Å². The minimum atomic E-state index is -4.85. The number of halogens is 6. The van der Waals surface area contributed by atoms with Crippen LogP contribution in [0.2, 0.25) is 0 Å². The molecule has 23 heavy (non-hydrogen) atoms. The minimum Gasteiger partial charge on any atom is -0.506 e. The quantitative estimate of drug-likeness (QED) is 0.596. The van der Waals surface area contributed by atoms with Gasteiger partial charge in [0.15, 0.2) is 11.6 Å². The van der Waals surface area contributed by atoms with Crippen molar-refractivity contribution < 1.29 is 31.8 Å². The number of hydrogen-bond donors (Lipinski definition) is 2. The summed E-state index contributed by atoms with van der Waals surface area (Å²) in [6.45, 7) is 0. The number of phenolic OH excluding ortho intramolecular Hbond substituents is 1. The lowest BCUT2D eigenvalue weighted by atomic mass is 9.98. The van der Waals surface area contributed by atoms with E-state index in [9.17, 15) is 27.1 Å². The van der Waals surface area contributed by atoms with Gasteiger partial charge in [-0.25, -0.2) is 8.78 Å². The predicted molar refractivity (Wildman–Crippen MR) is 74.9 cm³/mol. The number of aromatic hydroxyl groups is 1. The van der Waals surface area contributed by atoms with Crippen LogP contribution in [0.1, 0.15) is 17.2 Å². The maximum absolute atomic E-state index is 13.9. The summed E-state index contributed by atoms with van der Waals surface area (Å²) in [4.78, 5) is 0. The molecule has 0 aliphatic rings. The van der Waals surface area contributed by atoms with Crippen LogP contribution in [0.15, 0.2) is 34.8 Å². The number of hydrogen-bond acceptors (Lipinski definition) is 3. The van der Waals surface area contributed by atoms with E-state index in [0.29, 0.717) is 0 Å². The number of alkyl halides is 3. The van der Waals surface area contributed by atoms with Crippen LogP contribution >= 0.6 is 15.9 Å². The second kappa shape index (κ2) is 6.32. The smallest absolute Gasteiger partial charge is 0.506 e. The molecule has 124 valence electrons. The first-order valence-corrected chi connectivity index (χ1v) is 6.87. The molecule has 0 amide bonds. The standard InChI is InChI=1S/C14H9BrF5NO2/c15-8-5-9(16)11(17)10(13(8)22)12(21)6-1-3-7(4-2-6)23-14(18,19)20/h1-5,12,22H,21H2/t12-/m0/s1. The second-order valence-electron chi connectivity index (χ2n) is 4.51. The lowest BCUT2D eigenvalue weighted by Gasteiger charge is -2.17. The van der Waals surface area contributed by atoms with Crippen LogP contribution in [-0.4, -0.2) is 11.5 Å². The van der Waals surface area contributed by atoms with E-state index in [-0.39, 0.29) is 10.0 Å². The fourth-order valence-corrected chi connectivity index (χ4v) is 2.35.